The van der Waals surface area contributed by atoms with E-state index in [0.717, 1.165) is 6.07 Å². The molecule has 8 heteroatoms. The Morgan fingerprint density at radius 1 is 1.44 bits per heavy atom. The zero-order chi connectivity index (χ0) is 12.1. The summed E-state index contributed by atoms with van der Waals surface area (Å²) in [5, 5.41) is 2.23. The lowest BCUT2D eigenvalue weighted by molar-refractivity contribution is 0.250. The van der Waals surface area contributed by atoms with Gasteiger partial charge in [0.05, 0.1) is 5.02 Å². The van der Waals surface area contributed by atoms with Crippen molar-refractivity contribution in [2.75, 3.05) is 5.32 Å². The van der Waals surface area contributed by atoms with E-state index in [1.165, 1.54) is 12.1 Å². The predicted molar refractivity (Wildman–Crippen MR) is 63.5 cm³/mol. The van der Waals surface area contributed by atoms with Crippen LogP contribution in [-0.2, 0) is 0 Å². The van der Waals surface area contributed by atoms with E-state index >= 15 is 0 Å². The second-order valence-electron chi connectivity index (χ2n) is 2.70. The summed E-state index contributed by atoms with van der Waals surface area (Å²) in [5.41, 5.74) is 9.82. The zero-order valence-electron chi connectivity index (χ0n) is 7.88. The summed E-state index contributed by atoms with van der Waals surface area (Å²) in [6.45, 7) is 0. The van der Waals surface area contributed by atoms with Gasteiger partial charge in [0.15, 0.2) is 5.11 Å². The summed E-state index contributed by atoms with van der Waals surface area (Å²) in [6, 6.07) is 3.17. The molecule has 0 atom stereocenters. The van der Waals surface area contributed by atoms with Crippen LogP contribution in [0.5, 0.6) is 0 Å². The van der Waals surface area contributed by atoms with Crippen LogP contribution in [0.1, 0.15) is 0 Å². The highest BCUT2D eigenvalue weighted by Crippen LogP contribution is 2.18. The van der Waals surface area contributed by atoms with Crippen molar-refractivity contribution in [1.29, 1.82) is 0 Å². The number of nitrogens with one attached hydrogen (secondary N) is 3. The molecular formula is C8H8ClFN4OS. The quantitative estimate of drug-likeness (QED) is 0.455. The number of urea groups is 1. The fraction of sp³-hybridized carbons (Fsp3) is 0. The normalized spacial score (nSPS) is 9.38. The van der Waals surface area contributed by atoms with Gasteiger partial charge in [-0.05, 0) is 30.4 Å². The summed E-state index contributed by atoms with van der Waals surface area (Å²) in [7, 11) is 0. The van der Waals surface area contributed by atoms with Crippen molar-refractivity contribution in [3.05, 3.63) is 29.0 Å². The molecule has 0 bridgehead atoms. The molecule has 0 saturated carbocycles. The van der Waals surface area contributed by atoms with E-state index in [4.69, 9.17) is 17.3 Å². The van der Waals surface area contributed by atoms with Gasteiger partial charge in [0.25, 0.3) is 0 Å². The van der Waals surface area contributed by atoms with Crippen LogP contribution in [0.3, 0.4) is 0 Å². The van der Waals surface area contributed by atoms with Crippen LogP contribution in [-0.4, -0.2) is 11.1 Å². The minimum absolute atomic E-state index is 0.0766. The van der Waals surface area contributed by atoms with Crippen LogP contribution in [0.2, 0.25) is 5.02 Å². The maximum absolute atomic E-state index is 12.8. The molecule has 5 N–H and O–H groups in total. The highest BCUT2D eigenvalue weighted by atomic mass is 35.5. The molecular weight excluding hydrogens is 255 g/mol. The molecule has 0 spiro atoms. The number of hydrogen-bond acceptors (Lipinski definition) is 2. The van der Waals surface area contributed by atoms with Crippen molar-refractivity contribution in [1.82, 2.24) is 10.9 Å². The van der Waals surface area contributed by atoms with Gasteiger partial charge in [-0.2, -0.15) is 0 Å². The minimum Gasteiger partial charge on any atom is -0.375 e. The van der Waals surface area contributed by atoms with Crippen molar-refractivity contribution in [2.24, 2.45) is 5.73 Å². The van der Waals surface area contributed by atoms with Crippen molar-refractivity contribution >= 4 is 40.6 Å². The van der Waals surface area contributed by atoms with E-state index in [-0.39, 0.29) is 10.1 Å². The fourth-order valence-corrected chi connectivity index (χ4v) is 1.09. The third-order valence-corrected chi connectivity index (χ3v) is 1.87. The van der Waals surface area contributed by atoms with Gasteiger partial charge in [-0.3, -0.25) is 5.43 Å². The molecule has 1 aromatic carbocycles. The number of benzene rings is 1. The Morgan fingerprint density at radius 2 is 2.12 bits per heavy atom. The molecule has 0 fully saturated rings. The van der Waals surface area contributed by atoms with Gasteiger partial charge >= 0.3 is 6.03 Å². The highest BCUT2D eigenvalue weighted by Gasteiger charge is 2.04. The predicted octanol–water partition coefficient (Wildman–Crippen LogP) is 1.35. The maximum atomic E-state index is 12.8. The van der Waals surface area contributed by atoms with Gasteiger partial charge in [0.2, 0.25) is 0 Å². The average molecular weight is 263 g/mol. The van der Waals surface area contributed by atoms with Crippen LogP contribution in [0.4, 0.5) is 14.9 Å². The monoisotopic (exact) mass is 262 g/mol. The van der Waals surface area contributed by atoms with Crippen LogP contribution >= 0.6 is 23.8 Å². The molecule has 2 amide bonds. The van der Waals surface area contributed by atoms with Gasteiger partial charge in [-0.25, -0.2) is 14.6 Å². The number of halogens is 2. The maximum Gasteiger partial charge on any atom is 0.337 e. The van der Waals surface area contributed by atoms with Crippen molar-refractivity contribution < 1.29 is 9.18 Å². The minimum atomic E-state index is -0.601. The second-order valence-corrected chi connectivity index (χ2v) is 3.54. The molecule has 0 unspecified atom stereocenters. The Kier molecular flexibility index (Phi) is 4.27. The summed E-state index contributed by atoms with van der Waals surface area (Å²) >= 11 is 9.99. The van der Waals surface area contributed by atoms with E-state index in [2.05, 4.69) is 28.4 Å². The van der Waals surface area contributed by atoms with Gasteiger partial charge in [0.1, 0.15) is 5.82 Å². The Hall–Kier alpha value is -1.60. The molecule has 0 radical (unpaired) electrons. The van der Waals surface area contributed by atoms with Crippen LogP contribution in [0, 0.1) is 5.82 Å². The Morgan fingerprint density at radius 3 is 2.69 bits per heavy atom. The molecule has 16 heavy (non-hydrogen) atoms. The molecule has 86 valence electrons. The lowest BCUT2D eigenvalue weighted by Crippen LogP contribution is -2.46. The average Bonchev–Trinajstić information content (AvgIpc) is 2.21. The number of amides is 2. The van der Waals surface area contributed by atoms with E-state index < -0.39 is 11.8 Å². The molecule has 0 saturated heterocycles. The van der Waals surface area contributed by atoms with E-state index in [1.54, 1.807) is 0 Å². The molecule has 1 aromatic rings. The smallest absolute Gasteiger partial charge is 0.337 e. The first-order valence-corrected chi connectivity index (χ1v) is 4.85. The Labute approximate surface area is 101 Å². The van der Waals surface area contributed by atoms with E-state index in [1.807, 2.05) is 0 Å². The highest BCUT2D eigenvalue weighted by molar-refractivity contribution is 7.80. The largest absolute Gasteiger partial charge is 0.375 e. The summed E-state index contributed by atoms with van der Waals surface area (Å²) < 4.78 is 12.8. The summed E-state index contributed by atoms with van der Waals surface area (Å²) in [5.74, 6) is -0.561. The second kappa shape index (κ2) is 5.47. The SMILES string of the molecule is NC(=S)NNC(=O)Nc1ccc(F)c(Cl)c1. The van der Waals surface area contributed by atoms with Gasteiger partial charge < -0.3 is 11.1 Å². The molecule has 0 heterocycles. The topological polar surface area (TPSA) is 79.2 Å². The number of hydrazine groups is 1. The number of nitrogens with two attached hydrogens (primary N) is 1. The van der Waals surface area contributed by atoms with Gasteiger partial charge in [-0.1, -0.05) is 11.6 Å². The van der Waals surface area contributed by atoms with Crippen LogP contribution in [0.25, 0.3) is 0 Å². The van der Waals surface area contributed by atoms with E-state index in [0.29, 0.717) is 5.69 Å². The fourth-order valence-electron chi connectivity index (χ4n) is 0.855. The number of hydrogen-bond donors (Lipinski definition) is 4. The summed E-state index contributed by atoms with van der Waals surface area (Å²) in [6.07, 6.45) is 0. The number of rotatable bonds is 1. The third kappa shape index (κ3) is 3.87. The lowest BCUT2D eigenvalue weighted by Gasteiger charge is -2.08. The number of anilines is 1. The number of carbonyl (C=O) groups excluding carboxylic acids is 1. The van der Waals surface area contributed by atoms with Crippen molar-refractivity contribution in [2.45, 2.75) is 0 Å². The molecule has 0 aliphatic heterocycles. The molecule has 0 aliphatic carbocycles. The van der Waals surface area contributed by atoms with Crippen LogP contribution < -0.4 is 21.9 Å². The van der Waals surface area contributed by atoms with Gasteiger partial charge in [-0.15, -0.1) is 0 Å². The molecule has 0 aromatic heterocycles. The number of thiocarbonyl (C=S) groups is 1. The van der Waals surface area contributed by atoms with Crippen molar-refractivity contribution in [3.63, 3.8) is 0 Å². The van der Waals surface area contributed by atoms with Crippen LogP contribution in [0.15, 0.2) is 18.2 Å². The van der Waals surface area contributed by atoms with Crippen molar-refractivity contribution in [3.8, 4) is 0 Å². The van der Waals surface area contributed by atoms with Gasteiger partial charge in [0, 0.05) is 5.69 Å². The Bertz CT molecular complexity index is 428. The standard InChI is InChI=1S/C8H8ClFN4OS/c9-5-3-4(1-2-6(5)10)12-8(15)14-13-7(11)16/h1-3H,(H3,11,13,16)(H2,12,14,15). The summed E-state index contributed by atoms with van der Waals surface area (Å²) in [4.78, 5) is 11.2. The first kappa shape index (κ1) is 12.5. The molecule has 0 aliphatic rings. The Balaban J connectivity index is 2.56. The molecule has 5 nitrogen and oxygen atoms in total. The first-order chi connectivity index (χ1) is 7.49. The molecule has 1 rings (SSSR count). The first-order valence-electron chi connectivity index (χ1n) is 4.06. The lowest BCUT2D eigenvalue weighted by atomic mass is 10.3. The zero-order valence-corrected chi connectivity index (χ0v) is 9.45. The van der Waals surface area contributed by atoms with E-state index in [9.17, 15) is 9.18 Å². The third-order valence-electron chi connectivity index (χ3n) is 1.48. The number of carbonyl (C=O) groups is 1.